The lowest BCUT2D eigenvalue weighted by atomic mass is 9.88. The highest BCUT2D eigenvalue weighted by Crippen LogP contribution is 2.32. The summed E-state index contributed by atoms with van der Waals surface area (Å²) in [7, 11) is 0. The van der Waals surface area contributed by atoms with Gasteiger partial charge in [0.2, 0.25) is 5.91 Å². The summed E-state index contributed by atoms with van der Waals surface area (Å²) in [6.45, 7) is 13.2. The van der Waals surface area contributed by atoms with Gasteiger partial charge < -0.3 is 15.4 Å². The van der Waals surface area contributed by atoms with E-state index < -0.39 is 29.3 Å². The molecular weight excluding hydrogens is 649 g/mol. The zero-order chi connectivity index (χ0) is 35.7. The van der Waals surface area contributed by atoms with E-state index >= 15 is 4.39 Å². The van der Waals surface area contributed by atoms with Crippen molar-refractivity contribution in [2.75, 3.05) is 18.5 Å². The predicted octanol–water partition coefficient (Wildman–Crippen LogP) is 9.35. The van der Waals surface area contributed by atoms with Gasteiger partial charge in [-0.1, -0.05) is 49.7 Å². The Morgan fingerprint density at radius 1 is 1.00 bits per heavy atom. The lowest BCUT2D eigenvalue weighted by Gasteiger charge is -2.30. The van der Waals surface area contributed by atoms with Crippen molar-refractivity contribution >= 4 is 34.6 Å². The second kappa shape index (κ2) is 17.6. The highest BCUT2D eigenvalue weighted by atomic mass is 35.5. The molecule has 1 aliphatic rings. The molecule has 1 aromatic heterocycles. The van der Waals surface area contributed by atoms with Crippen LogP contribution in [0.5, 0.6) is 0 Å². The smallest absolute Gasteiger partial charge is 0.225 e. The van der Waals surface area contributed by atoms with Gasteiger partial charge in [0.25, 0.3) is 0 Å². The number of ether oxygens (including phenoxy) is 1. The van der Waals surface area contributed by atoms with Crippen LogP contribution in [0.15, 0.2) is 72.0 Å². The van der Waals surface area contributed by atoms with E-state index in [9.17, 15) is 13.6 Å². The second-order valence-corrected chi connectivity index (χ2v) is 12.5. The summed E-state index contributed by atoms with van der Waals surface area (Å²) in [4.78, 5) is 22.1. The number of morpholine rings is 1. The van der Waals surface area contributed by atoms with Crippen LogP contribution in [0.1, 0.15) is 72.9 Å². The number of carbonyl (C=O) groups excluding carboxylic acids is 1. The van der Waals surface area contributed by atoms with Gasteiger partial charge in [0, 0.05) is 30.2 Å². The molecule has 2 N–H and O–H groups in total. The molecule has 0 aliphatic carbocycles. The largest absolute Gasteiger partial charge is 0.375 e. The number of anilines is 1. The van der Waals surface area contributed by atoms with E-state index in [2.05, 4.69) is 48.5 Å². The van der Waals surface area contributed by atoms with E-state index in [1.165, 1.54) is 47.7 Å². The number of hydrogen-bond acceptors (Lipinski definition) is 5. The Balaban J connectivity index is 0.00000265. The highest BCUT2D eigenvalue weighted by Gasteiger charge is 2.25. The molecule has 3 aromatic carbocycles. The minimum atomic E-state index is -0.678. The fourth-order valence-electron chi connectivity index (χ4n) is 5.81. The number of hydrogen-bond donors (Lipinski definition) is 2. The van der Waals surface area contributed by atoms with Crippen molar-refractivity contribution in [2.24, 2.45) is 4.99 Å². The molecule has 0 spiro atoms. The Kier molecular flexibility index (Phi) is 13.5. The van der Waals surface area contributed by atoms with Crippen LogP contribution in [0.25, 0.3) is 0 Å². The minimum absolute atomic E-state index is 0.0417. The summed E-state index contributed by atoms with van der Waals surface area (Å²) in [5, 5.41) is 6.22. The molecule has 1 aliphatic heterocycles. The molecule has 6 nitrogen and oxygen atoms in total. The average molecular weight is 693 g/mol. The number of nitrogens with zero attached hydrogens (tertiary/aromatic N) is 2. The van der Waals surface area contributed by atoms with E-state index in [1.807, 2.05) is 20.8 Å². The van der Waals surface area contributed by atoms with Crippen molar-refractivity contribution in [3.63, 3.8) is 0 Å². The maximum Gasteiger partial charge on any atom is 0.225 e. The maximum atomic E-state index is 15.1. The van der Waals surface area contributed by atoms with Gasteiger partial charge in [-0.3, -0.25) is 14.8 Å². The Morgan fingerprint density at radius 3 is 2.43 bits per heavy atom. The van der Waals surface area contributed by atoms with Gasteiger partial charge in [-0.15, -0.1) is 0 Å². The van der Waals surface area contributed by atoms with E-state index in [0.717, 1.165) is 23.2 Å². The number of aliphatic imine (C=N–C) groups is 1. The first kappa shape index (κ1) is 37.8. The van der Waals surface area contributed by atoms with Gasteiger partial charge in [-0.2, -0.15) is 0 Å². The molecular formula is C39H44ClF3N4O2. The normalized spacial score (nSPS) is 16.8. The number of halogens is 4. The van der Waals surface area contributed by atoms with Crippen LogP contribution < -0.4 is 10.6 Å². The zero-order valence-corrected chi connectivity index (χ0v) is 29.6. The Bertz CT molecular complexity index is 1790. The summed E-state index contributed by atoms with van der Waals surface area (Å²) < 4.78 is 49.7. The summed E-state index contributed by atoms with van der Waals surface area (Å²) in [6, 6.07) is 14.2. The van der Waals surface area contributed by atoms with Gasteiger partial charge in [0.15, 0.2) is 0 Å². The predicted molar refractivity (Wildman–Crippen MR) is 192 cm³/mol. The molecule has 5 rings (SSSR count). The molecule has 1 fully saturated rings. The van der Waals surface area contributed by atoms with Crippen LogP contribution in [0.3, 0.4) is 0 Å². The van der Waals surface area contributed by atoms with Gasteiger partial charge >= 0.3 is 0 Å². The van der Waals surface area contributed by atoms with Crippen LogP contribution in [-0.4, -0.2) is 41.9 Å². The van der Waals surface area contributed by atoms with Crippen molar-refractivity contribution in [3.8, 4) is 0 Å². The molecule has 0 radical (unpaired) electrons. The van der Waals surface area contributed by atoms with Gasteiger partial charge in [0.05, 0.1) is 47.5 Å². The first-order valence-corrected chi connectivity index (χ1v) is 17.0. The number of benzene rings is 3. The molecule has 0 bridgehead atoms. The Hall–Kier alpha value is -4.05. The van der Waals surface area contributed by atoms with E-state index in [1.54, 1.807) is 12.1 Å². The Labute approximate surface area is 292 Å². The van der Waals surface area contributed by atoms with E-state index in [4.69, 9.17) is 21.3 Å². The molecule has 4 aromatic rings. The SMILES string of the molecule is CC.CC(=Nc1cc(C)c(C)cc1C)[C@@H]1CO[C@H](CCc2c(F)cncc2NC(=O)C[C@H](c2cccc(F)c2)c2ccc(Cl)c(F)c2)CN1. The van der Waals surface area contributed by atoms with E-state index in [0.29, 0.717) is 42.7 Å². The number of carbonyl (C=O) groups is 1. The molecule has 10 heteroatoms. The number of pyridine rings is 1. The van der Waals surface area contributed by atoms with Crippen molar-refractivity contribution in [2.45, 2.75) is 78.9 Å². The molecule has 0 unspecified atom stereocenters. The van der Waals surface area contributed by atoms with Crippen LogP contribution in [0.4, 0.5) is 24.5 Å². The number of aromatic nitrogens is 1. The fraction of sp³-hybridized carbons (Fsp3) is 0.359. The third-order valence-corrected chi connectivity index (χ3v) is 8.99. The number of nitrogens with one attached hydrogen (secondary N) is 2. The zero-order valence-electron chi connectivity index (χ0n) is 28.8. The molecule has 1 amide bonds. The maximum absolute atomic E-state index is 15.1. The molecule has 260 valence electrons. The summed E-state index contributed by atoms with van der Waals surface area (Å²) >= 11 is 5.88. The van der Waals surface area contributed by atoms with Crippen LogP contribution in [-0.2, 0) is 16.0 Å². The summed E-state index contributed by atoms with van der Waals surface area (Å²) in [5.74, 6) is -2.81. The van der Waals surface area contributed by atoms with Crippen molar-refractivity contribution in [1.29, 1.82) is 0 Å². The Morgan fingerprint density at radius 2 is 1.73 bits per heavy atom. The van der Waals surface area contributed by atoms with Crippen molar-refractivity contribution in [3.05, 3.63) is 123 Å². The quantitative estimate of drug-likeness (QED) is 0.163. The first-order valence-electron chi connectivity index (χ1n) is 16.6. The van der Waals surface area contributed by atoms with Crippen LogP contribution in [0, 0.1) is 38.2 Å². The number of aryl methyl sites for hydroxylation is 3. The lowest BCUT2D eigenvalue weighted by molar-refractivity contribution is -0.116. The molecule has 1 saturated heterocycles. The lowest BCUT2D eigenvalue weighted by Crippen LogP contribution is -2.49. The number of amides is 1. The van der Waals surface area contributed by atoms with Gasteiger partial charge in [-0.05, 0) is 98.7 Å². The second-order valence-electron chi connectivity index (χ2n) is 12.1. The minimum Gasteiger partial charge on any atom is -0.375 e. The first-order chi connectivity index (χ1) is 23.5. The van der Waals surface area contributed by atoms with Crippen molar-refractivity contribution in [1.82, 2.24) is 10.3 Å². The molecule has 49 heavy (non-hydrogen) atoms. The van der Waals surface area contributed by atoms with E-state index in [-0.39, 0.29) is 29.3 Å². The average Bonchev–Trinajstić information content (AvgIpc) is 3.08. The molecule has 3 atom stereocenters. The molecule has 0 saturated carbocycles. The third kappa shape index (κ3) is 10.00. The highest BCUT2D eigenvalue weighted by molar-refractivity contribution is 6.30. The van der Waals surface area contributed by atoms with Gasteiger partial charge in [-0.25, -0.2) is 13.2 Å². The standard InChI is InChI=1S/C37H38ClF3N4O2.C2H6/c1-21-12-23(3)34(13-22(21)2)44-24(4)36-20-47-28(17-43-36)9-10-29-33(41)18-42-19-35(29)45-37(46)16-30(25-6-5-7-27(39)14-25)26-8-11-31(38)32(40)15-26;1-2/h5-8,11-15,18-19,28,30,36,43H,9-10,16-17,20H2,1-4H3,(H,45,46);1-2H3/t28-,30-,36+;/m1./s1. The topological polar surface area (TPSA) is 75.6 Å². The number of rotatable bonds is 10. The van der Waals surface area contributed by atoms with Gasteiger partial charge in [0.1, 0.15) is 17.5 Å². The van der Waals surface area contributed by atoms with Crippen LogP contribution >= 0.6 is 11.6 Å². The van der Waals surface area contributed by atoms with Crippen molar-refractivity contribution < 1.29 is 22.7 Å². The molecule has 2 heterocycles. The third-order valence-electron chi connectivity index (χ3n) is 8.69. The fourth-order valence-corrected chi connectivity index (χ4v) is 5.92. The monoisotopic (exact) mass is 692 g/mol. The summed E-state index contributed by atoms with van der Waals surface area (Å²) in [6.07, 6.45) is 3.00. The van der Waals surface area contributed by atoms with Crippen LogP contribution in [0.2, 0.25) is 5.02 Å². The summed E-state index contributed by atoms with van der Waals surface area (Å²) in [5.41, 5.74) is 6.91.